The fraction of sp³-hybridized carbons (Fsp3) is 0.543. The zero-order valence-electron chi connectivity index (χ0n) is 28.1. The predicted octanol–water partition coefficient (Wildman–Crippen LogP) is 2.38. The molecule has 4 heterocycles. The number of carbonyl (C=O) groups excluding carboxylic acids is 3. The Bertz CT molecular complexity index is 1770. The van der Waals surface area contributed by atoms with E-state index in [4.69, 9.17) is 13.9 Å². The van der Waals surface area contributed by atoms with E-state index in [0.29, 0.717) is 36.2 Å². The topological polar surface area (TPSA) is 174 Å². The first-order valence-electron chi connectivity index (χ1n) is 17.5. The number of Topliss-reactive ketones (excluding diaryl/α,β-unsaturated/α-hetero) is 1. The van der Waals surface area contributed by atoms with Gasteiger partial charge in [0.25, 0.3) is 5.91 Å². The lowest BCUT2D eigenvalue weighted by Crippen LogP contribution is -2.53. The summed E-state index contributed by atoms with van der Waals surface area (Å²) in [6, 6.07) is 9.15. The van der Waals surface area contributed by atoms with Gasteiger partial charge in [-0.3, -0.25) is 19.3 Å². The standard InChI is InChI=1S/C35H45N5O9S/c41-30-24-39(50(45,46)33-10-4-5-14-40(33)44)13-6-9-28(30)36-34(42)29(21-25-7-2-1-3-8-25)37-35(43)32-23-26-22-27(11-12-31(26)49-32)48-20-17-38-15-18-47-19-16-38/h4-5,10-12,14,22-23,25,28-29H,1-3,6-9,13,15-21,24H2,(H,36,42)(H,37,43)/t28?,29-/m0/s1. The van der Waals surface area contributed by atoms with Crippen LogP contribution in [0, 0.1) is 11.1 Å². The van der Waals surface area contributed by atoms with Crippen molar-refractivity contribution in [2.45, 2.75) is 68.5 Å². The molecule has 3 aliphatic rings. The SMILES string of the molecule is O=C(N[C@@H](CC1CCCCC1)C(=O)NC1CCCN(S(=O)(=O)c2cccc[n+]2[O-])CC1=O)c1cc2cc(OCCN3CCOCC3)ccc2o1. The summed E-state index contributed by atoms with van der Waals surface area (Å²) >= 11 is 0. The Labute approximate surface area is 291 Å². The number of nitrogens with one attached hydrogen (secondary N) is 2. The van der Waals surface area contributed by atoms with E-state index in [2.05, 4.69) is 15.5 Å². The minimum atomic E-state index is -4.24. The quantitative estimate of drug-likeness (QED) is 0.210. The Hall–Kier alpha value is -4.05. The van der Waals surface area contributed by atoms with Gasteiger partial charge in [0.05, 0.1) is 25.8 Å². The zero-order chi connectivity index (χ0) is 35.1. The average molecular weight is 712 g/mol. The lowest BCUT2D eigenvalue weighted by Gasteiger charge is -2.27. The summed E-state index contributed by atoms with van der Waals surface area (Å²) < 4.78 is 44.9. The van der Waals surface area contributed by atoms with Gasteiger partial charge in [0.15, 0.2) is 17.7 Å². The Morgan fingerprint density at radius 1 is 1.02 bits per heavy atom. The first-order valence-corrected chi connectivity index (χ1v) is 18.9. The van der Waals surface area contributed by atoms with Crippen molar-refractivity contribution in [1.82, 2.24) is 19.8 Å². The van der Waals surface area contributed by atoms with E-state index >= 15 is 0 Å². The molecule has 2 amide bonds. The van der Waals surface area contributed by atoms with E-state index in [0.717, 1.165) is 75.5 Å². The molecule has 1 aliphatic carbocycles. The van der Waals surface area contributed by atoms with Gasteiger partial charge in [0.1, 0.15) is 24.0 Å². The van der Waals surface area contributed by atoms with Crippen molar-refractivity contribution < 1.29 is 41.4 Å². The van der Waals surface area contributed by atoms with Crippen LogP contribution in [0.5, 0.6) is 5.75 Å². The van der Waals surface area contributed by atoms with Crippen LogP contribution < -0.4 is 20.1 Å². The highest BCUT2D eigenvalue weighted by molar-refractivity contribution is 7.89. The molecule has 0 spiro atoms. The molecule has 1 saturated carbocycles. The molecule has 14 nitrogen and oxygen atoms in total. The van der Waals surface area contributed by atoms with Gasteiger partial charge in [-0.05, 0) is 55.5 Å². The van der Waals surface area contributed by atoms with Crippen molar-refractivity contribution >= 4 is 38.6 Å². The molecule has 15 heteroatoms. The van der Waals surface area contributed by atoms with Crippen molar-refractivity contribution in [2.24, 2.45) is 5.92 Å². The van der Waals surface area contributed by atoms with E-state index in [1.54, 1.807) is 18.2 Å². The minimum Gasteiger partial charge on any atom is -0.618 e. The molecular weight excluding hydrogens is 666 g/mol. The number of furan rings is 1. The molecule has 0 radical (unpaired) electrons. The van der Waals surface area contributed by atoms with Crippen LogP contribution in [0.15, 0.2) is 58.1 Å². The molecule has 1 aromatic carbocycles. The van der Waals surface area contributed by atoms with Crippen LogP contribution in [0.25, 0.3) is 11.0 Å². The van der Waals surface area contributed by atoms with Crippen molar-refractivity contribution in [3.05, 3.63) is 59.6 Å². The van der Waals surface area contributed by atoms with Gasteiger partial charge in [-0.25, -0.2) is 8.42 Å². The van der Waals surface area contributed by atoms with Gasteiger partial charge >= 0.3 is 15.0 Å². The fourth-order valence-corrected chi connectivity index (χ4v) is 8.40. The van der Waals surface area contributed by atoms with Crippen LogP contribution >= 0.6 is 0 Å². The number of fused-ring (bicyclic) bond motifs is 1. The van der Waals surface area contributed by atoms with Gasteiger partial charge in [-0.2, -0.15) is 9.04 Å². The maximum Gasteiger partial charge on any atom is 0.323 e. The third kappa shape index (κ3) is 8.81. The second-order valence-electron chi connectivity index (χ2n) is 13.3. The largest absolute Gasteiger partial charge is 0.618 e. The number of aromatic nitrogens is 1. The van der Waals surface area contributed by atoms with Gasteiger partial charge in [0.2, 0.25) is 5.91 Å². The van der Waals surface area contributed by atoms with E-state index in [9.17, 15) is 28.0 Å². The van der Waals surface area contributed by atoms with Crippen molar-refractivity contribution in [3.63, 3.8) is 0 Å². The number of morpholine rings is 1. The molecular formula is C35H45N5O9S. The summed E-state index contributed by atoms with van der Waals surface area (Å²) in [5.74, 6) is -0.617. The third-order valence-corrected chi connectivity index (χ3v) is 11.6. The van der Waals surface area contributed by atoms with Gasteiger partial charge in [0, 0.05) is 43.7 Å². The molecule has 2 atom stereocenters. The summed E-state index contributed by atoms with van der Waals surface area (Å²) in [4.78, 5) is 42.9. The summed E-state index contributed by atoms with van der Waals surface area (Å²) in [5.41, 5.74) is 0.505. The number of benzene rings is 1. The van der Waals surface area contributed by atoms with Crippen LogP contribution in [0.3, 0.4) is 0 Å². The fourth-order valence-electron chi connectivity index (χ4n) is 6.93. The molecule has 2 aliphatic heterocycles. The number of pyridine rings is 1. The number of hydrogen-bond acceptors (Lipinski definition) is 10. The number of amides is 2. The van der Waals surface area contributed by atoms with Gasteiger partial charge in [-0.15, -0.1) is 0 Å². The molecule has 50 heavy (non-hydrogen) atoms. The summed E-state index contributed by atoms with van der Waals surface area (Å²) in [5, 5.41) is 18.1. The number of rotatable bonds is 12. The van der Waals surface area contributed by atoms with E-state index in [1.165, 1.54) is 18.2 Å². The second-order valence-corrected chi connectivity index (χ2v) is 15.1. The lowest BCUT2D eigenvalue weighted by atomic mass is 9.84. The van der Waals surface area contributed by atoms with Crippen LogP contribution in [-0.4, -0.2) is 99.8 Å². The van der Waals surface area contributed by atoms with E-state index in [1.807, 2.05) is 6.07 Å². The smallest absolute Gasteiger partial charge is 0.323 e. The van der Waals surface area contributed by atoms with Crippen molar-refractivity contribution in [2.75, 3.05) is 52.5 Å². The minimum absolute atomic E-state index is 0.0181. The molecule has 6 rings (SSSR count). The van der Waals surface area contributed by atoms with Crippen molar-refractivity contribution in [3.8, 4) is 5.75 Å². The molecule has 2 saturated heterocycles. The summed E-state index contributed by atoms with van der Waals surface area (Å²) in [6.45, 7) is 4.02. The Morgan fingerprint density at radius 2 is 1.82 bits per heavy atom. The first kappa shape index (κ1) is 35.8. The normalized spacial score (nSPS) is 20.6. The van der Waals surface area contributed by atoms with Gasteiger partial charge in [-0.1, -0.05) is 32.1 Å². The molecule has 0 bridgehead atoms. The molecule has 2 aromatic heterocycles. The first-order chi connectivity index (χ1) is 24.2. The van der Waals surface area contributed by atoms with Crippen molar-refractivity contribution in [1.29, 1.82) is 0 Å². The number of nitrogens with zero attached hydrogens (tertiary/aromatic N) is 3. The Morgan fingerprint density at radius 3 is 2.60 bits per heavy atom. The molecule has 3 fully saturated rings. The highest BCUT2D eigenvalue weighted by Gasteiger charge is 2.38. The monoisotopic (exact) mass is 711 g/mol. The Balaban J connectivity index is 1.10. The molecule has 3 aromatic rings. The van der Waals surface area contributed by atoms with E-state index in [-0.39, 0.29) is 29.4 Å². The highest BCUT2D eigenvalue weighted by Crippen LogP contribution is 2.29. The van der Waals surface area contributed by atoms with Crippen LogP contribution in [0.1, 0.15) is 61.9 Å². The molecule has 270 valence electrons. The van der Waals surface area contributed by atoms with Gasteiger partial charge < -0.3 is 29.7 Å². The predicted molar refractivity (Wildman–Crippen MR) is 182 cm³/mol. The number of ketones is 1. The molecule has 2 N–H and O–H groups in total. The summed E-state index contributed by atoms with van der Waals surface area (Å²) in [7, 11) is -4.24. The van der Waals surface area contributed by atoms with E-state index < -0.39 is 51.3 Å². The highest BCUT2D eigenvalue weighted by atomic mass is 32.2. The lowest BCUT2D eigenvalue weighted by molar-refractivity contribution is -0.646. The number of hydrogen-bond donors (Lipinski definition) is 2. The van der Waals surface area contributed by atoms with Crippen LogP contribution in [-0.2, 0) is 24.3 Å². The zero-order valence-corrected chi connectivity index (χ0v) is 28.9. The average Bonchev–Trinajstić information content (AvgIpc) is 3.46. The maximum atomic E-state index is 13.8. The summed E-state index contributed by atoms with van der Waals surface area (Å²) in [6.07, 6.45) is 7.09. The number of carbonyl (C=O) groups is 3. The Kier molecular flexibility index (Phi) is 11.7. The number of sulfonamides is 1. The second kappa shape index (κ2) is 16.3. The number of ether oxygens (including phenoxy) is 2. The van der Waals surface area contributed by atoms with Crippen LogP contribution in [0.2, 0.25) is 0 Å². The van der Waals surface area contributed by atoms with Crippen LogP contribution in [0.4, 0.5) is 0 Å². The maximum absolute atomic E-state index is 13.8. The molecule has 1 unspecified atom stereocenters. The third-order valence-electron chi connectivity index (χ3n) is 9.74.